The molecule has 0 fully saturated rings. The first-order chi connectivity index (χ1) is 11.8. The van der Waals surface area contributed by atoms with Crippen LogP contribution in [-0.4, -0.2) is 33.4 Å². The zero-order chi connectivity index (χ0) is 18.6. The monoisotopic (exact) mass is 365 g/mol. The molecule has 2 N–H and O–H groups in total. The topological polar surface area (TPSA) is 128 Å². The fraction of sp³-hybridized carbons (Fsp3) is 0.133. The summed E-state index contributed by atoms with van der Waals surface area (Å²) in [7, 11) is -1.51. The van der Waals surface area contributed by atoms with Crippen molar-refractivity contribution in [2.45, 2.75) is 4.90 Å². The van der Waals surface area contributed by atoms with Crippen molar-refractivity contribution in [2.24, 2.45) is 0 Å². The van der Waals surface area contributed by atoms with Gasteiger partial charge < -0.3 is 10.1 Å². The number of rotatable bonds is 6. The number of nitrogens with zero attached hydrogens (tertiary/aromatic N) is 1. The Bertz CT molecular complexity index is 927. The number of amides is 1. The largest absolute Gasteiger partial charge is 0.495 e. The van der Waals surface area contributed by atoms with Crippen LogP contribution in [0.3, 0.4) is 0 Å². The standard InChI is InChI=1S/C15H15N3O6S/c1-16-15(19)10-7-8-13(24-2)11(9-10)17-25(22,23)14-6-4-3-5-12(14)18(20)21/h3-9,17H,1-2H3,(H,16,19). The molecule has 0 saturated heterocycles. The van der Waals surface area contributed by atoms with Gasteiger partial charge in [0.15, 0.2) is 4.90 Å². The van der Waals surface area contributed by atoms with Gasteiger partial charge in [0.2, 0.25) is 0 Å². The molecule has 10 heteroatoms. The fourth-order valence-electron chi connectivity index (χ4n) is 2.11. The van der Waals surface area contributed by atoms with Gasteiger partial charge in [-0.15, -0.1) is 0 Å². The number of carbonyl (C=O) groups is 1. The van der Waals surface area contributed by atoms with Crippen LogP contribution in [0.4, 0.5) is 11.4 Å². The highest BCUT2D eigenvalue weighted by molar-refractivity contribution is 7.92. The number of nitrogens with one attached hydrogen (secondary N) is 2. The summed E-state index contributed by atoms with van der Waals surface area (Å²) in [6.45, 7) is 0. The molecular weight excluding hydrogens is 350 g/mol. The normalized spacial score (nSPS) is 10.8. The van der Waals surface area contributed by atoms with E-state index in [2.05, 4.69) is 10.0 Å². The minimum Gasteiger partial charge on any atom is -0.495 e. The van der Waals surface area contributed by atoms with Crippen LogP contribution in [0.15, 0.2) is 47.4 Å². The molecule has 2 rings (SSSR count). The Morgan fingerprint density at radius 1 is 1.20 bits per heavy atom. The zero-order valence-electron chi connectivity index (χ0n) is 13.3. The van der Waals surface area contributed by atoms with Crippen molar-refractivity contribution < 1.29 is 22.9 Å². The fourth-order valence-corrected chi connectivity index (χ4v) is 3.34. The number of hydrogen-bond acceptors (Lipinski definition) is 6. The Hall–Kier alpha value is -3.14. The van der Waals surface area contributed by atoms with Gasteiger partial charge in [-0.25, -0.2) is 8.42 Å². The zero-order valence-corrected chi connectivity index (χ0v) is 14.2. The summed E-state index contributed by atoms with van der Waals surface area (Å²) >= 11 is 0. The summed E-state index contributed by atoms with van der Waals surface area (Å²) in [4.78, 5) is 21.5. The van der Waals surface area contributed by atoms with Crippen LogP contribution in [0.1, 0.15) is 10.4 Å². The lowest BCUT2D eigenvalue weighted by Gasteiger charge is -2.13. The molecule has 0 spiro atoms. The van der Waals surface area contributed by atoms with Gasteiger partial charge in [-0.2, -0.15) is 0 Å². The van der Waals surface area contributed by atoms with Gasteiger partial charge in [-0.3, -0.25) is 19.6 Å². The summed E-state index contributed by atoms with van der Waals surface area (Å²) in [5, 5.41) is 13.5. The number of benzene rings is 2. The average Bonchev–Trinajstić information content (AvgIpc) is 2.60. The lowest BCUT2D eigenvalue weighted by molar-refractivity contribution is -0.387. The minimum absolute atomic E-state index is 0.0123. The molecule has 0 unspecified atom stereocenters. The van der Waals surface area contributed by atoms with Crippen molar-refractivity contribution in [3.8, 4) is 5.75 Å². The molecule has 0 aliphatic rings. The molecule has 0 aliphatic carbocycles. The van der Waals surface area contributed by atoms with Crippen LogP contribution >= 0.6 is 0 Å². The van der Waals surface area contributed by atoms with Gasteiger partial charge in [0.25, 0.3) is 21.6 Å². The van der Waals surface area contributed by atoms with E-state index in [1.807, 2.05) is 0 Å². The second-order valence-electron chi connectivity index (χ2n) is 4.82. The first-order valence-corrected chi connectivity index (χ1v) is 8.45. The first kappa shape index (κ1) is 18.2. The summed E-state index contributed by atoms with van der Waals surface area (Å²) in [6.07, 6.45) is 0. The molecule has 0 aromatic heterocycles. The maximum absolute atomic E-state index is 12.6. The Labute approximate surface area is 143 Å². The molecule has 2 aromatic rings. The van der Waals surface area contributed by atoms with Gasteiger partial charge in [-0.1, -0.05) is 12.1 Å². The molecule has 0 aliphatic heterocycles. The van der Waals surface area contributed by atoms with Crippen LogP contribution in [0.5, 0.6) is 5.75 Å². The van der Waals surface area contributed by atoms with E-state index >= 15 is 0 Å². The number of methoxy groups -OCH3 is 1. The number of ether oxygens (including phenoxy) is 1. The van der Waals surface area contributed by atoms with E-state index < -0.39 is 31.4 Å². The summed E-state index contributed by atoms with van der Waals surface area (Å²) in [6, 6.07) is 9.11. The van der Waals surface area contributed by atoms with Crippen LogP contribution in [0.25, 0.3) is 0 Å². The van der Waals surface area contributed by atoms with Gasteiger partial charge in [-0.05, 0) is 24.3 Å². The molecule has 0 saturated carbocycles. The van der Waals surface area contributed by atoms with Gasteiger partial charge in [0, 0.05) is 18.7 Å². The predicted molar refractivity (Wildman–Crippen MR) is 90.3 cm³/mol. The molecule has 9 nitrogen and oxygen atoms in total. The third-order valence-corrected chi connectivity index (χ3v) is 4.70. The molecular formula is C15H15N3O6S. The van der Waals surface area contributed by atoms with E-state index in [0.29, 0.717) is 0 Å². The van der Waals surface area contributed by atoms with Crippen molar-refractivity contribution in [3.63, 3.8) is 0 Å². The van der Waals surface area contributed by atoms with E-state index in [9.17, 15) is 23.3 Å². The number of para-hydroxylation sites is 1. The Kier molecular flexibility index (Phi) is 5.22. The lowest BCUT2D eigenvalue weighted by atomic mass is 10.2. The van der Waals surface area contributed by atoms with Gasteiger partial charge in [0.1, 0.15) is 5.75 Å². The summed E-state index contributed by atoms with van der Waals surface area (Å²) < 4.78 is 32.5. The highest BCUT2D eigenvalue weighted by Gasteiger charge is 2.26. The van der Waals surface area contributed by atoms with E-state index in [1.165, 1.54) is 44.5 Å². The van der Waals surface area contributed by atoms with Gasteiger partial charge in [0.05, 0.1) is 17.7 Å². The molecule has 1 amide bonds. The SMILES string of the molecule is CNC(=O)c1ccc(OC)c(NS(=O)(=O)c2ccccc2[N+](=O)[O-])c1. The minimum atomic E-state index is -4.27. The van der Waals surface area contributed by atoms with E-state index in [0.717, 1.165) is 12.1 Å². The van der Waals surface area contributed by atoms with E-state index in [-0.39, 0.29) is 17.0 Å². The third kappa shape index (κ3) is 3.86. The third-order valence-electron chi connectivity index (χ3n) is 3.28. The summed E-state index contributed by atoms with van der Waals surface area (Å²) in [5.41, 5.74) is -0.373. The maximum atomic E-state index is 12.6. The summed E-state index contributed by atoms with van der Waals surface area (Å²) in [5.74, 6) is -0.261. The smallest absolute Gasteiger partial charge is 0.289 e. The average molecular weight is 365 g/mol. The van der Waals surface area contributed by atoms with Crippen LogP contribution in [-0.2, 0) is 10.0 Å². The van der Waals surface area contributed by atoms with Crippen molar-refractivity contribution >= 4 is 27.3 Å². The molecule has 0 bridgehead atoms. The number of sulfonamides is 1. The number of anilines is 1. The van der Waals surface area contributed by atoms with Crippen molar-refractivity contribution in [3.05, 3.63) is 58.1 Å². The quantitative estimate of drug-likeness (QED) is 0.593. The molecule has 132 valence electrons. The molecule has 0 radical (unpaired) electrons. The van der Waals surface area contributed by atoms with Crippen LogP contribution in [0, 0.1) is 10.1 Å². The number of carbonyl (C=O) groups excluding carboxylic acids is 1. The van der Waals surface area contributed by atoms with Crippen molar-refractivity contribution in [1.29, 1.82) is 0 Å². The predicted octanol–water partition coefficient (Wildman–Crippen LogP) is 1.76. The van der Waals surface area contributed by atoms with Crippen molar-refractivity contribution in [1.82, 2.24) is 5.32 Å². The number of nitro groups is 1. The first-order valence-electron chi connectivity index (χ1n) is 6.96. The van der Waals surface area contributed by atoms with Crippen molar-refractivity contribution in [2.75, 3.05) is 18.9 Å². The molecule has 0 atom stereocenters. The second kappa shape index (κ2) is 7.18. The number of nitro benzene ring substituents is 1. The van der Waals surface area contributed by atoms with Gasteiger partial charge >= 0.3 is 0 Å². The molecule has 0 heterocycles. The van der Waals surface area contributed by atoms with E-state index in [4.69, 9.17) is 4.74 Å². The maximum Gasteiger partial charge on any atom is 0.289 e. The molecule has 2 aromatic carbocycles. The molecule has 25 heavy (non-hydrogen) atoms. The lowest BCUT2D eigenvalue weighted by Crippen LogP contribution is -2.19. The highest BCUT2D eigenvalue weighted by Crippen LogP contribution is 2.30. The Morgan fingerprint density at radius 3 is 2.48 bits per heavy atom. The second-order valence-corrected chi connectivity index (χ2v) is 6.48. The van der Waals surface area contributed by atoms with Crippen LogP contribution in [0.2, 0.25) is 0 Å². The number of hydrogen-bond donors (Lipinski definition) is 2. The Balaban J connectivity index is 2.51. The Morgan fingerprint density at radius 2 is 1.88 bits per heavy atom. The van der Waals surface area contributed by atoms with Crippen LogP contribution < -0.4 is 14.8 Å². The van der Waals surface area contributed by atoms with E-state index in [1.54, 1.807) is 0 Å². The highest BCUT2D eigenvalue weighted by atomic mass is 32.2.